The fraction of sp³-hybridized carbons (Fsp3) is 0.333. The van der Waals surface area contributed by atoms with Gasteiger partial charge in [-0.05, 0) is 61.7 Å². The first-order valence-corrected chi connectivity index (χ1v) is 10.7. The SMILES string of the molecule is Cc1ccc(-c2cc(CNc3ccc(OC(F)(F)F)cc3)cnc2N2CCCC(O)C2)cn1. The molecule has 0 saturated carbocycles. The van der Waals surface area contributed by atoms with E-state index in [2.05, 4.69) is 19.9 Å². The molecule has 9 heteroatoms. The molecular formula is C24H25F3N4O2. The highest BCUT2D eigenvalue weighted by Crippen LogP contribution is 2.32. The zero-order valence-electron chi connectivity index (χ0n) is 18.1. The number of aliphatic hydroxyl groups excluding tert-OH is 1. The Morgan fingerprint density at radius 2 is 1.91 bits per heavy atom. The number of aromatic nitrogens is 2. The van der Waals surface area contributed by atoms with Gasteiger partial charge in [-0.2, -0.15) is 0 Å². The number of halogens is 3. The van der Waals surface area contributed by atoms with Gasteiger partial charge in [0, 0.05) is 54.5 Å². The molecule has 0 amide bonds. The number of piperidine rings is 1. The van der Waals surface area contributed by atoms with Crippen LogP contribution in [0, 0.1) is 6.92 Å². The van der Waals surface area contributed by atoms with Crippen molar-refractivity contribution in [3.63, 3.8) is 0 Å². The molecule has 2 aromatic heterocycles. The Morgan fingerprint density at radius 1 is 1.12 bits per heavy atom. The van der Waals surface area contributed by atoms with Gasteiger partial charge in [-0.25, -0.2) is 4.98 Å². The van der Waals surface area contributed by atoms with E-state index >= 15 is 0 Å². The third-order valence-corrected chi connectivity index (χ3v) is 5.43. The summed E-state index contributed by atoms with van der Waals surface area (Å²) in [5.74, 6) is 0.536. The van der Waals surface area contributed by atoms with Crippen LogP contribution in [0.2, 0.25) is 0 Å². The lowest BCUT2D eigenvalue weighted by Gasteiger charge is -2.32. The van der Waals surface area contributed by atoms with E-state index in [1.807, 2.05) is 31.3 Å². The van der Waals surface area contributed by atoms with Crippen LogP contribution in [0.15, 0.2) is 54.9 Å². The van der Waals surface area contributed by atoms with Gasteiger partial charge in [0.15, 0.2) is 0 Å². The summed E-state index contributed by atoms with van der Waals surface area (Å²) in [6, 6.07) is 11.6. The molecule has 1 saturated heterocycles. The maximum Gasteiger partial charge on any atom is 0.573 e. The van der Waals surface area contributed by atoms with E-state index in [0.29, 0.717) is 18.8 Å². The molecule has 0 spiro atoms. The summed E-state index contributed by atoms with van der Waals surface area (Å²) >= 11 is 0. The number of benzene rings is 1. The van der Waals surface area contributed by atoms with Gasteiger partial charge in [-0.15, -0.1) is 13.2 Å². The number of hydrogen-bond acceptors (Lipinski definition) is 6. The van der Waals surface area contributed by atoms with Gasteiger partial charge in [-0.3, -0.25) is 4.98 Å². The first kappa shape index (κ1) is 22.8. The van der Waals surface area contributed by atoms with E-state index in [0.717, 1.165) is 47.6 Å². The molecule has 1 unspecified atom stereocenters. The standard InChI is InChI=1S/C24H25F3N4O2/c1-16-4-5-18(14-28-16)22-11-17(13-30-23(22)31-10-2-3-20(32)15-31)12-29-19-6-8-21(9-7-19)33-24(25,26)27/h4-9,11,13-14,20,29,32H,2-3,10,12,15H2,1H3. The van der Waals surface area contributed by atoms with Gasteiger partial charge >= 0.3 is 6.36 Å². The molecule has 0 radical (unpaired) electrons. The summed E-state index contributed by atoms with van der Waals surface area (Å²) in [5, 5.41) is 13.3. The third kappa shape index (κ3) is 6.13. The van der Waals surface area contributed by atoms with Crippen LogP contribution in [-0.2, 0) is 6.54 Å². The van der Waals surface area contributed by atoms with Crippen LogP contribution >= 0.6 is 0 Å². The Bertz CT molecular complexity index is 1070. The molecule has 1 aliphatic rings. The summed E-state index contributed by atoms with van der Waals surface area (Å²) < 4.78 is 40.9. The Balaban J connectivity index is 1.54. The fourth-order valence-electron chi connectivity index (χ4n) is 3.81. The Morgan fingerprint density at radius 3 is 2.58 bits per heavy atom. The molecule has 33 heavy (non-hydrogen) atoms. The minimum atomic E-state index is -4.71. The van der Waals surface area contributed by atoms with E-state index in [-0.39, 0.29) is 11.9 Å². The lowest BCUT2D eigenvalue weighted by Crippen LogP contribution is -2.39. The summed E-state index contributed by atoms with van der Waals surface area (Å²) in [7, 11) is 0. The van der Waals surface area contributed by atoms with Crippen LogP contribution in [0.25, 0.3) is 11.1 Å². The number of aliphatic hydroxyl groups is 1. The van der Waals surface area contributed by atoms with Gasteiger partial charge in [0.05, 0.1) is 6.10 Å². The van der Waals surface area contributed by atoms with Crippen molar-refractivity contribution in [1.82, 2.24) is 9.97 Å². The van der Waals surface area contributed by atoms with Crippen molar-refractivity contribution in [3.05, 3.63) is 66.1 Å². The Labute approximate surface area is 190 Å². The summed E-state index contributed by atoms with van der Waals surface area (Å²) in [6.45, 7) is 3.71. The van der Waals surface area contributed by atoms with E-state index in [1.54, 1.807) is 6.20 Å². The second-order valence-corrected chi connectivity index (χ2v) is 8.07. The average Bonchev–Trinajstić information content (AvgIpc) is 2.78. The quantitative estimate of drug-likeness (QED) is 0.546. The first-order valence-electron chi connectivity index (χ1n) is 10.7. The van der Waals surface area contributed by atoms with Crippen LogP contribution in [0.5, 0.6) is 5.75 Å². The lowest BCUT2D eigenvalue weighted by atomic mass is 10.0. The van der Waals surface area contributed by atoms with Crippen LogP contribution in [0.4, 0.5) is 24.7 Å². The molecular weight excluding hydrogens is 433 g/mol. The minimum absolute atomic E-state index is 0.267. The number of hydrogen-bond donors (Lipinski definition) is 2. The number of alkyl halides is 3. The Hall–Kier alpha value is -3.33. The van der Waals surface area contributed by atoms with Gasteiger partial charge in [0.25, 0.3) is 0 Å². The molecule has 1 fully saturated rings. The number of anilines is 2. The summed E-state index contributed by atoms with van der Waals surface area (Å²) in [4.78, 5) is 11.2. The number of pyridine rings is 2. The predicted molar refractivity (Wildman–Crippen MR) is 120 cm³/mol. The topological polar surface area (TPSA) is 70.5 Å². The Kier molecular flexibility index (Phi) is 6.69. The van der Waals surface area contributed by atoms with E-state index in [1.165, 1.54) is 24.3 Å². The molecule has 3 heterocycles. The van der Waals surface area contributed by atoms with Crippen molar-refractivity contribution >= 4 is 11.5 Å². The maximum atomic E-state index is 12.3. The normalized spacial score (nSPS) is 16.5. The maximum absolute atomic E-state index is 12.3. The number of nitrogens with one attached hydrogen (secondary N) is 1. The second-order valence-electron chi connectivity index (χ2n) is 8.07. The van der Waals surface area contributed by atoms with Crippen LogP contribution in [0.1, 0.15) is 24.1 Å². The molecule has 0 bridgehead atoms. The number of β-amino-alcohol motifs (C(OH)–C–C–N with tert-alkyl or cyclic N) is 1. The molecule has 2 N–H and O–H groups in total. The molecule has 1 aromatic carbocycles. The second kappa shape index (κ2) is 9.66. The van der Waals surface area contributed by atoms with Crippen molar-refractivity contribution < 1.29 is 23.0 Å². The van der Waals surface area contributed by atoms with Gasteiger partial charge < -0.3 is 20.1 Å². The van der Waals surface area contributed by atoms with Crippen molar-refractivity contribution in [1.29, 1.82) is 0 Å². The van der Waals surface area contributed by atoms with Gasteiger partial charge in [-0.1, -0.05) is 6.07 Å². The molecule has 0 aliphatic carbocycles. The highest BCUT2D eigenvalue weighted by molar-refractivity contribution is 5.76. The smallest absolute Gasteiger partial charge is 0.406 e. The largest absolute Gasteiger partial charge is 0.573 e. The van der Waals surface area contributed by atoms with Crippen LogP contribution < -0.4 is 15.0 Å². The van der Waals surface area contributed by atoms with Gasteiger partial charge in [0.2, 0.25) is 0 Å². The number of aryl methyl sites for hydroxylation is 1. The van der Waals surface area contributed by atoms with E-state index < -0.39 is 6.36 Å². The molecule has 6 nitrogen and oxygen atoms in total. The van der Waals surface area contributed by atoms with Crippen molar-refractivity contribution in [2.24, 2.45) is 0 Å². The number of rotatable bonds is 6. The molecule has 4 rings (SSSR count). The minimum Gasteiger partial charge on any atom is -0.406 e. The summed E-state index contributed by atoms with van der Waals surface area (Å²) in [5.41, 5.74) is 4.33. The predicted octanol–water partition coefficient (Wildman–Crippen LogP) is 4.92. The van der Waals surface area contributed by atoms with Crippen LogP contribution in [-0.4, -0.2) is 40.6 Å². The first-order chi connectivity index (χ1) is 15.8. The average molecular weight is 458 g/mol. The number of nitrogens with zero attached hydrogens (tertiary/aromatic N) is 3. The highest BCUT2D eigenvalue weighted by atomic mass is 19.4. The third-order valence-electron chi connectivity index (χ3n) is 5.43. The monoisotopic (exact) mass is 458 g/mol. The molecule has 1 atom stereocenters. The summed E-state index contributed by atoms with van der Waals surface area (Å²) in [6.07, 6.45) is 0.171. The fourth-order valence-corrected chi connectivity index (χ4v) is 3.81. The van der Waals surface area contributed by atoms with E-state index in [4.69, 9.17) is 4.98 Å². The molecule has 3 aromatic rings. The van der Waals surface area contributed by atoms with Crippen molar-refractivity contribution in [2.75, 3.05) is 23.3 Å². The zero-order chi connectivity index (χ0) is 23.4. The highest BCUT2D eigenvalue weighted by Gasteiger charge is 2.31. The molecule has 174 valence electrons. The lowest BCUT2D eigenvalue weighted by molar-refractivity contribution is -0.274. The van der Waals surface area contributed by atoms with Crippen molar-refractivity contribution in [2.45, 2.75) is 38.8 Å². The van der Waals surface area contributed by atoms with Crippen molar-refractivity contribution in [3.8, 4) is 16.9 Å². The number of ether oxygens (including phenoxy) is 1. The molecule has 1 aliphatic heterocycles. The van der Waals surface area contributed by atoms with Gasteiger partial charge in [0.1, 0.15) is 11.6 Å². The van der Waals surface area contributed by atoms with E-state index in [9.17, 15) is 18.3 Å². The van der Waals surface area contributed by atoms with Crippen LogP contribution in [0.3, 0.4) is 0 Å². The zero-order valence-corrected chi connectivity index (χ0v) is 18.1.